The van der Waals surface area contributed by atoms with Gasteiger partial charge in [0, 0.05) is 26.1 Å². The van der Waals surface area contributed by atoms with Crippen LogP contribution in [0.3, 0.4) is 0 Å². The molecule has 1 saturated carbocycles. The number of piperidine rings is 1. The first-order valence-corrected chi connectivity index (χ1v) is 13.8. The third-order valence-electron chi connectivity index (χ3n) is 8.40. The summed E-state index contributed by atoms with van der Waals surface area (Å²) < 4.78 is 0. The van der Waals surface area contributed by atoms with Gasteiger partial charge in [-0.3, -0.25) is 19.2 Å². The maximum absolute atomic E-state index is 13.2. The number of nitrogens with one attached hydrogen (secondary N) is 3. The molecular formula is C28H41N5O4. The van der Waals surface area contributed by atoms with Crippen LogP contribution in [-0.4, -0.2) is 66.8 Å². The topological polar surface area (TPSA) is 134 Å². The van der Waals surface area contributed by atoms with Crippen LogP contribution in [-0.2, 0) is 25.6 Å². The summed E-state index contributed by atoms with van der Waals surface area (Å²) in [6, 6.07) is 8.72. The van der Waals surface area contributed by atoms with Crippen molar-refractivity contribution < 1.29 is 19.2 Å². The predicted octanol–water partition coefficient (Wildman–Crippen LogP) is 1.26. The third-order valence-corrected chi connectivity index (χ3v) is 8.40. The Morgan fingerprint density at radius 1 is 1.03 bits per heavy atom. The highest BCUT2D eigenvalue weighted by Crippen LogP contribution is 2.38. The molecule has 0 radical (unpaired) electrons. The van der Waals surface area contributed by atoms with Gasteiger partial charge in [0.1, 0.15) is 11.5 Å². The van der Waals surface area contributed by atoms with E-state index in [0.717, 1.165) is 70.1 Å². The van der Waals surface area contributed by atoms with Gasteiger partial charge in [0.05, 0.1) is 6.04 Å². The van der Waals surface area contributed by atoms with Gasteiger partial charge in [0.2, 0.25) is 23.6 Å². The molecule has 5 N–H and O–H groups in total. The van der Waals surface area contributed by atoms with Crippen molar-refractivity contribution in [1.29, 1.82) is 0 Å². The fourth-order valence-electron chi connectivity index (χ4n) is 6.00. The van der Waals surface area contributed by atoms with Crippen LogP contribution >= 0.6 is 0 Å². The number of nitrogens with two attached hydrogens (primary N) is 1. The van der Waals surface area contributed by atoms with Gasteiger partial charge < -0.3 is 26.6 Å². The van der Waals surface area contributed by atoms with Crippen LogP contribution < -0.4 is 21.7 Å². The molecule has 3 aliphatic rings. The zero-order chi connectivity index (χ0) is 26.3. The fourth-order valence-corrected chi connectivity index (χ4v) is 6.00. The number of benzene rings is 1. The van der Waals surface area contributed by atoms with Gasteiger partial charge in [-0.25, -0.2) is 0 Å². The van der Waals surface area contributed by atoms with Crippen molar-refractivity contribution in [1.82, 2.24) is 20.9 Å². The first kappa shape index (κ1) is 27.1. The number of primary amides is 1. The Labute approximate surface area is 219 Å². The Morgan fingerprint density at radius 2 is 1.73 bits per heavy atom. The third kappa shape index (κ3) is 6.69. The summed E-state index contributed by atoms with van der Waals surface area (Å²) in [7, 11) is 0. The van der Waals surface area contributed by atoms with Gasteiger partial charge in [-0.15, -0.1) is 0 Å². The number of rotatable bonds is 10. The molecule has 2 atom stereocenters. The second-order valence-corrected chi connectivity index (χ2v) is 10.9. The molecule has 202 valence electrons. The van der Waals surface area contributed by atoms with Crippen LogP contribution in [0.25, 0.3) is 0 Å². The summed E-state index contributed by atoms with van der Waals surface area (Å²) in [6.45, 7) is 2.95. The Kier molecular flexibility index (Phi) is 9.18. The van der Waals surface area contributed by atoms with Crippen molar-refractivity contribution in [3.8, 4) is 0 Å². The molecule has 4 amide bonds. The normalized spacial score (nSPS) is 22.4. The molecule has 1 aliphatic carbocycles. The Morgan fingerprint density at radius 3 is 2.35 bits per heavy atom. The fraction of sp³-hybridized carbons (Fsp3) is 0.643. The van der Waals surface area contributed by atoms with Gasteiger partial charge in [0.15, 0.2) is 0 Å². The number of nitrogens with zero attached hydrogens (tertiary/aromatic N) is 1. The lowest BCUT2D eigenvalue weighted by molar-refractivity contribution is -0.143. The van der Waals surface area contributed by atoms with E-state index in [1.165, 1.54) is 0 Å². The van der Waals surface area contributed by atoms with E-state index >= 15 is 0 Å². The number of hydrogen-bond acceptors (Lipinski definition) is 5. The second-order valence-electron chi connectivity index (χ2n) is 10.9. The molecule has 4 rings (SSSR count). The van der Waals surface area contributed by atoms with E-state index in [1.54, 1.807) is 0 Å². The average molecular weight is 512 g/mol. The van der Waals surface area contributed by atoms with E-state index in [4.69, 9.17) is 5.73 Å². The Bertz CT molecular complexity index is 949. The summed E-state index contributed by atoms with van der Waals surface area (Å²) in [6.07, 6.45) is 7.39. The van der Waals surface area contributed by atoms with E-state index in [9.17, 15) is 19.2 Å². The standard InChI is InChI=1S/C28H41N5O4/c29-26(36)28(13-4-5-14-28)27(37)32-23(19-21-7-2-1-3-8-21)24(34)31-16-10-20-11-17-33(18-12-20)25(35)22-9-6-15-30-22/h1-3,7-8,20,22-23,30H,4-6,9-19H2,(H2,29,36)(H,31,34)(H,32,37)/t22-,23-/m1/s1. The largest absolute Gasteiger partial charge is 0.369 e. The van der Waals surface area contributed by atoms with E-state index in [0.29, 0.717) is 31.7 Å². The van der Waals surface area contributed by atoms with Gasteiger partial charge >= 0.3 is 0 Å². The van der Waals surface area contributed by atoms with Crippen molar-refractivity contribution in [2.75, 3.05) is 26.2 Å². The zero-order valence-electron chi connectivity index (χ0n) is 21.7. The summed E-state index contributed by atoms with van der Waals surface area (Å²) in [5.41, 5.74) is 5.34. The van der Waals surface area contributed by atoms with E-state index in [2.05, 4.69) is 16.0 Å². The molecule has 9 heteroatoms. The van der Waals surface area contributed by atoms with E-state index in [1.807, 2.05) is 35.2 Å². The smallest absolute Gasteiger partial charge is 0.242 e. The van der Waals surface area contributed by atoms with Crippen LogP contribution in [0.5, 0.6) is 0 Å². The molecule has 2 heterocycles. The van der Waals surface area contributed by atoms with Gasteiger partial charge in [-0.2, -0.15) is 0 Å². The molecule has 0 bridgehead atoms. The van der Waals surface area contributed by atoms with Crippen molar-refractivity contribution in [2.24, 2.45) is 17.1 Å². The maximum atomic E-state index is 13.2. The average Bonchev–Trinajstić information content (AvgIpc) is 3.62. The summed E-state index contributed by atoms with van der Waals surface area (Å²) in [5, 5.41) is 9.15. The van der Waals surface area contributed by atoms with Crippen molar-refractivity contribution in [3.05, 3.63) is 35.9 Å². The monoisotopic (exact) mass is 511 g/mol. The van der Waals surface area contributed by atoms with Gasteiger partial charge in [-0.1, -0.05) is 43.2 Å². The minimum Gasteiger partial charge on any atom is -0.369 e. The van der Waals surface area contributed by atoms with Gasteiger partial charge in [-0.05, 0) is 63.0 Å². The summed E-state index contributed by atoms with van der Waals surface area (Å²) >= 11 is 0. The quantitative estimate of drug-likeness (QED) is 0.351. The van der Waals surface area contributed by atoms with Gasteiger partial charge in [0.25, 0.3) is 0 Å². The molecule has 2 saturated heterocycles. The molecule has 1 aromatic carbocycles. The summed E-state index contributed by atoms with van der Waals surface area (Å²) in [5.74, 6) is -0.647. The maximum Gasteiger partial charge on any atom is 0.242 e. The highest BCUT2D eigenvalue weighted by molar-refractivity contribution is 6.05. The van der Waals surface area contributed by atoms with Crippen molar-refractivity contribution in [3.63, 3.8) is 0 Å². The lowest BCUT2D eigenvalue weighted by Crippen LogP contribution is -2.55. The number of hydrogen-bond donors (Lipinski definition) is 4. The van der Waals surface area contributed by atoms with Crippen molar-refractivity contribution in [2.45, 2.75) is 76.3 Å². The predicted molar refractivity (Wildman–Crippen MR) is 140 cm³/mol. The highest BCUT2D eigenvalue weighted by atomic mass is 16.2. The second kappa shape index (κ2) is 12.5. The summed E-state index contributed by atoms with van der Waals surface area (Å²) in [4.78, 5) is 53.2. The molecular weight excluding hydrogens is 470 g/mol. The molecule has 3 fully saturated rings. The number of carbonyl (C=O) groups excluding carboxylic acids is 4. The SMILES string of the molecule is NC(=O)C1(C(=O)N[C@H](Cc2ccccc2)C(=O)NCCC2CCN(C(=O)[C@H]3CCCN3)CC2)CCCC1. The molecule has 37 heavy (non-hydrogen) atoms. The zero-order valence-corrected chi connectivity index (χ0v) is 21.7. The van der Waals surface area contributed by atoms with Crippen molar-refractivity contribution >= 4 is 23.6 Å². The lowest BCUT2D eigenvalue weighted by Gasteiger charge is -2.33. The van der Waals surface area contributed by atoms with Crippen LogP contribution in [0, 0.1) is 11.3 Å². The molecule has 2 aliphatic heterocycles. The molecule has 1 aromatic rings. The van der Waals surface area contributed by atoms with E-state index in [-0.39, 0.29) is 17.9 Å². The van der Waals surface area contributed by atoms with Crippen LogP contribution in [0.15, 0.2) is 30.3 Å². The Hall–Kier alpha value is -2.94. The van der Waals surface area contributed by atoms with Crippen LogP contribution in [0.1, 0.15) is 63.4 Å². The first-order valence-electron chi connectivity index (χ1n) is 13.8. The van der Waals surface area contributed by atoms with E-state index < -0.39 is 23.3 Å². The van der Waals surface area contributed by atoms with Crippen LogP contribution in [0.2, 0.25) is 0 Å². The Balaban J connectivity index is 1.29. The molecule has 0 unspecified atom stereocenters. The number of carbonyl (C=O) groups is 4. The minimum atomic E-state index is -1.23. The first-order chi connectivity index (χ1) is 17.9. The highest BCUT2D eigenvalue weighted by Gasteiger charge is 2.47. The number of amides is 4. The molecule has 9 nitrogen and oxygen atoms in total. The molecule has 0 spiro atoms. The lowest BCUT2D eigenvalue weighted by atomic mass is 9.84. The van der Waals surface area contributed by atoms with Crippen LogP contribution in [0.4, 0.5) is 0 Å². The number of likely N-dealkylation sites (tertiary alicyclic amines) is 1. The minimum absolute atomic E-state index is 0.0227. The molecule has 0 aromatic heterocycles.